The zero-order valence-corrected chi connectivity index (χ0v) is 6.04. The summed E-state index contributed by atoms with van der Waals surface area (Å²) in [4.78, 5) is 10.6. The minimum Gasteiger partial charge on any atom is -0.436 e. The number of hydrogen-bond acceptors (Lipinski definition) is 3. The highest BCUT2D eigenvalue weighted by atomic mass is 16.6. The van der Waals surface area contributed by atoms with Crippen molar-refractivity contribution >= 4 is 5.97 Å². The van der Waals surface area contributed by atoms with Crippen LogP contribution in [0.5, 0.6) is 0 Å². The molecule has 0 aliphatic carbocycles. The van der Waals surface area contributed by atoms with Gasteiger partial charge in [0.05, 0.1) is 6.42 Å². The molecule has 2 atom stereocenters. The topological polar surface area (TPSA) is 46.5 Å². The lowest BCUT2D eigenvalue weighted by Crippen LogP contribution is -2.14. The van der Waals surface area contributed by atoms with Gasteiger partial charge < -0.3 is 9.84 Å². The van der Waals surface area contributed by atoms with Crippen molar-refractivity contribution in [3.8, 4) is 0 Å². The third-order valence-corrected chi connectivity index (χ3v) is 1.74. The zero-order valence-electron chi connectivity index (χ0n) is 6.04. The van der Waals surface area contributed by atoms with Gasteiger partial charge in [0.2, 0.25) is 6.29 Å². The van der Waals surface area contributed by atoms with E-state index >= 15 is 0 Å². The minimum atomic E-state index is -0.840. The molecule has 0 aromatic heterocycles. The third-order valence-electron chi connectivity index (χ3n) is 1.74. The SMILES string of the molecule is CCCC1CC(=O)OC1O. The lowest BCUT2D eigenvalue weighted by atomic mass is 10.0. The van der Waals surface area contributed by atoms with Gasteiger partial charge in [-0.05, 0) is 6.42 Å². The van der Waals surface area contributed by atoms with Crippen LogP contribution in [-0.2, 0) is 9.53 Å². The van der Waals surface area contributed by atoms with E-state index < -0.39 is 6.29 Å². The maximum atomic E-state index is 10.6. The molecular weight excluding hydrogens is 132 g/mol. The van der Waals surface area contributed by atoms with Crippen LogP contribution in [0.15, 0.2) is 0 Å². The Morgan fingerprint density at radius 2 is 2.50 bits per heavy atom. The van der Waals surface area contributed by atoms with E-state index in [1.807, 2.05) is 6.92 Å². The van der Waals surface area contributed by atoms with Gasteiger partial charge in [-0.2, -0.15) is 0 Å². The summed E-state index contributed by atoms with van der Waals surface area (Å²) in [5.41, 5.74) is 0. The number of carbonyl (C=O) groups excluding carboxylic acids is 1. The molecule has 3 nitrogen and oxygen atoms in total. The Morgan fingerprint density at radius 1 is 1.80 bits per heavy atom. The van der Waals surface area contributed by atoms with Gasteiger partial charge in [0.15, 0.2) is 0 Å². The Hall–Kier alpha value is -0.570. The summed E-state index contributed by atoms with van der Waals surface area (Å²) in [5, 5.41) is 9.05. The average Bonchev–Trinajstić information content (AvgIpc) is 2.13. The fraction of sp³-hybridized carbons (Fsp3) is 0.857. The van der Waals surface area contributed by atoms with Crippen LogP contribution in [0.1, 0.15) is 26.2 Å². The highest BCUT2D eigenvalue weighted by Gasteiger charge is 2.31. The summed E-state index contributed by atoms with van der Waals surface area (Å²) in [5.74, 6) is -0.233. The molecule has 3 heteroatoms. The molecule has 0 amide bonds. The van der Waals surface area contributed by atoms with E-state index in [9.17, 15) is 4.79 Å². The second-order valence-electron chi connectivity index (χ2n) is 2.63. The molecular formula is C7H12O3. The normalized spacial score (nSPS) is 32.4. The molecule has 1 N–H and O–H groups in total. The lowest BCUT2D eigenvalue weighted by Gasteiger charge is -2.08. The van der Waals surface area contributed by atoms with Crippen molar-refractivity contribution in [2.24, 2.45) is 5.92 Å². The quantitative estimate of drug-likeness (QED) is 0.579. The van der Waals surface area contributed by atoms with Crippen molar-refractivity contribution in [2.75, 3.05) is 0 Å². The smallest absolute Gasteiger partial charge is 0.308 e. The minimum absolute atomic E-state index is 0.0394. The van der Waals surface area contributed by atoms with Gasteiger partial charge >= 0.3 is 5.97 Å². The number of cyclic esters (lactones) is 1. The number of hydrogen-bond donors (Lipinski definition) is 1. The molecule has 10 heavy (non-hydrogen) atoms. The van der Waals surface area contributed by atoms with Crippen LogP contribution in [0.25, 0.3) is 0 Å². The number of rotatable bonds is 2. The Balaban J connectivity index is 2.38. The highest BCUT2D eigenvalue weighted by Crippen LogP contribution is 2.24. The standard InChI is InChI=1S/C7H12O3/c1-2-3-5-4-6(8)10-7(5)9/h5,7,9H,2-4H2,1H3. The van der Waals surface area contributed by atoms with Crippen molar-refractivity contribution < 1.29 is 14.6 Å². The van der Waals surface area contributed by atoms with Gasteiger partial charge in [-0.25, -0.2) is 0 Å². The predicted molar refractivity (Wildman–Crippen MR) is 35.1 cm³/mol. The first-order chi connectivity index (χ1) is 4.74. The number of carbonyl (C=O) groups is 1. The van der Waals surface area contributed by atoms with Crippen LogP contribution < -0.4 is 0 Å². The summed E-state index contributed by atoms with van der Waals surface area (Å²) < 4.78 is 4.54. The summed E-state index contributed by atoms with van der Waals surface area (Å²) >= 11 is 0. The Kier molecular flexibility index (Phi) is 2.27. The first-order valence-electron chi connectivity index (χ1n) is 3.61. The molecule has 0 aromatic rings. The Bertz CT molecular complexity index is 133. The molecule has 1 aliphatic heterocycles. The van der Waals surface area contributed by atoms with Crippen LogP contribution in [0.3, 0.4) is 0 Å². The van der Waals surface area contributed by atoms with Gasteiger partial charge in [-0.15, -0.1) is 0 Å². The molecule has 0 radical (unpaired) electrons. The van der Waals surface area contributed by atoms with Gasteiger partial charge in [-0.1, -0.05) is 13.3 Å². The van der Waals surface area contributed by atoms with E-state index in [2.05, 4.69) is 4.74 Å². The number of aliphatic hydroxyl groups excluding tert-OH is 1. The first kappa shape index (κ1) is 7.54. The van der Waals surface area contributed by atoms with Crippen molar-refractivity contribution in [2.45, 2.75) is 32.5 Å². The molecule has 58 valence electrons. The molecule has 0 aromatic carbocycles. The predicted octanol–water partition coefficient (Wildman–Crippen LogP) is 0.668. The van der Waals surface area contributed by atoms with E-state index in [0.717, 1.165) is 12.8 Å². The van der Waals surface area contributed by atoms with E-state index in [-0.39, 0.29) is 11.9 Å². The van der Waals surface area contributed by atoms with E-state index in [1.165, 1.54) is 0 Å². The number of ether oxygens (including phenoxy) is 1. The number of aliphatic hydroxyl groups is 1. The maximum Gasteiger partial charge on any atom is 0.308 e. The van der Waals surface area contributed by atoms with Gasteiger partial charge in [-0.3, -0.25) is 4.79 Å². The molecule has 1 heterocycles. The number of esters is 1. The average molecular weight is 144 g/mol. The summed E-state index contributed by atoms with van der Waals surface area (Å²) in [6, 6.07) is 0. The van der Waals surface area contributed by atoms with Crippen molar-refractivity contribution in [3.05, 3.63) is 0 Å². The summed E-state index contributed by atoms with van der Waals surface area (Å²) in [6.45, 7) is 2.02. The van der Waals surface area contributed by atoms with Gasteiger partial charge in [0, 0.05) is 5.92 Å². The first-order valence-corrected chi connectivity index (χ1v) is 3.61. The fourth-order valence-electron chi connectivity index (χ4n) is 1.21. The Morgan fingerprint density at radius 3 is 2.90 bits per heavy atom. The monoisotopic (exact) mass is 144 g/mol. The zero-order chi connectivity index (χ0) is 7.56. The largest absolute Gasteiger partial charge is 0.436 e. The van der Waals surface area contributed by atoms with Crippen LogP contribution in [0, 0.1) is 5.92 Å². The molecule has 0 spiro atoms. The van der Waals surface area contributed by atoms with Crippen LogP contribution in [0.2, 0.25) is 0 Å². The van der Waals surface area contributed by atoms with Crippen LogP contribution >= 0.6 is 0 Å². The Labute approximate surface area is 60.0 Å². The molecule has 0 saturated carbocycles. The molecule has 1 rings (SSSR count). The second-order valence-corrected chi connectivity index (χ2v) is 2.63. The van der Waals surface area contributed by atoms with Gasteiger partial charge in [0.25, 0.3) is 0 Å². The summed E-state index contributed by atoms with van der Waals surface area (Å²) in [6.07, 6.45) is 1.40. The van der Waals surface area contributed by atoms with E-state index in [1.54, 1.807) is 0 Å². The highest BCUT2D eigenvalue weighted by molar-refractivity contribution is 5.71. The van der Waals surface area contributed by atoms with E-state index in [4.69, 9.17) is 5.11 Å². The van der Waals surface area contributed by atoms with Gasteiger partial charge in [0.1, 0.15) is 0 Å². The molecule has 1 aliphatic rings. The molecule has 1 fully saturated rings. The van der Waals surface area contributed by atoms with E-state index in [0.29, 0.717) is 6.42 Å². The maximum absolute atomic E-state index is 10.6. The van der Waals surface area contributed by atoms with Crippen LogP contribution in [0.4, 0.5) is 0 Å². The molecule has 1 saturated heterocycles. The van der Waals surface area contributed by atoms with Crippen LogP contribution in [-0.4, -0.2) is 17.4 Å². The molecule has 2 unspecified atom stereocenters. The second kappa shape index (κ2) is 3.01. The summed E-state index contributed by atoms with van der Waals surface area (Å²) in [7, 11) is 0. The fourth-order valence-corrected chi connectivity index (χ4v) is 1.21. The van der Waals surface area contributed by atoms with Crippen molar-refractivity contribution in [1.29, 1.82) is 0 Å². The lowest BCUT2D eigenvalue weighted by molar-refractivity contribution is -0.156. The van der Waals surface area contributed by atoms with Crippen molar-refractivity contribution in [1.82, 2.24) is 0 Å². The molecule has 0 bridgehead atoms. The third kappa shape index (κ3) is 1.48. The van der Waals surface area contributed by atoms with Crippen molar-refractivity contribution in [3.63, 3.8) is 0 Å².